The molecule has 1 amide bonds. The van der Waals surface area contributed by atoms with Crippen LogP contribution in [0.4, 0.5) is 0 Å². The lowest BCUT2D eigenvalue weighted by molar-refractivity contribution is 0.0939. The van der Waals surface area contributed by atoms with Crippen molar-refractivity contribution in [3.63, 3.8) is 0 Å². The Hall–Kier alpha value is -1.68. The number of ether oxygens (including phenoxy) is 1. The predicted molar refractivity (Wildman–Crippen MR) is 72.5 cm³/mol. The molecule has 1 aromatic carbocycles. The Kier molecular flexibility index (Phi) is 3.48. The van der Waals surface area contributed by atoms with Crippen molar-refractivity contribution in [3.05, 3.63) is 28.9 Å². The third-order valence-corrected chi connectivity index (χ3v) is 2.77. The first-order chi connectivity index (χ1) is 8.51. The van der Waals surface area contributed by atoms with E-state index in [-0.39, 0.29) is 11.9 Å². The highest BCUT2D eigenvalue weighted by Gasteiger charge is 2.13. The minimum atomic E-state index is -0.139. The number of hydrogen-bond acceptors (Lipinski definition) is 2. The minimum absolute atomic E-state index is 0.0920. The highest BCUT2D eigenvalue weighted by Crippen LogP contribution is 2.30. The fourth-order valence-corrected chi connectivity index (χ4v) is 2.01. The standard InChI is InChI=1S/C13H15ClN2O2/c1-7(2)15-13(17)11-6-9-10(16-11)4-8(14)5-12(9)18-3/h4-7,16H,1-3H3,(H,15,17). The van der Waals surface area contributed by atoms with Gasteiger partial charge in [0.2, 0.25) is 0 Å². The summed E-state index contributed by atoms with van der Waals surface area (Å²) in [6.07, 6.45) is 0. The highest BCUT2D eigenvalue weighted by atomic mass is 35.5. The molecule has 0 bridgehead atoms. The summed E-state index contributed by atoms with van der Waals surface area (Å²) in [5.74, 6) is 0.511. The summed E-state index contributed by atoms with van der Waals surface area (Å²) in [6, 6.07) is 5.35. The summed E-state index contributed by atoms with van der Waals surface area (Å²) < 4.78 is 5.25. The number of H-pyrrole nitrogens is 1. The Labute approximate surface area is 110 Å². The summed E-state index contributed by atoms with van der Waals surface area (Å²) in [6.45, 7) is 3.83. The largest absolute Gasteiger partial charge is 0.496 e. The second-order valence-electron chi connectivity index (χ2n) is 4.38. The molecule has 0 aliphatic rings. The van der Waals surface area contributed by atoms with E-state index in [0.717, 1.165) is 10.9 Å². The van der Waals surface area contributed by atoms with Crippen LogP contribution in [-0.4, -0.2) is 24.0 Å². The van der Waals surface area contributed by atoms with Crippen molar-refractivity contribution in [2.75, 3.05) is 7.11 Å². The van der Waals surface area contributed by atoms with E-state index in [2.05, 4.69) is 10.3 Å². The molecule has 0 fully saturated rings. The second kappa shape index (κ2) is 4.90. The Morgan fingerprint density at radius 2 is 2.11 bits per heavy atom. The van der Waals surface area contributed by atoms with Crippen molar-refractivity contribution in [1.82, 2.24) is 10.3 Å². The molecule has 2 N–H and O–H groups in total. The van der Waals surface area contributed by atoms with Gasteiger partial charge in [0.05, 0.1) is 12.6 Å². The van der Waals surface area contributed by atoms with Crippen molar-refractivity contribution >= 4 is 28.4 Å². The van der Waals surface area contributed by atoms with Gasteiger partial charge >= 0.3 is 0 Å². The first-order valence-electron chi connectivity index (χ1n) is 5.68. The van der Waals surface area contributed by atoms with E-state index in [9.17, 15) is 4.79 Å². The Bertz CT molecular complexity index is 590. The molecule has 1 aromatic heterocycles. The lowest BCUT2D eigenvalue weighted by Gasteiger charge is -2.05. The summed E-state index contributed by atoms with van der Waals surface area (Å²) in [5.41, 5.74) is 1.28. The van der Waals surface area contributed by atoms with Crippen molar-refractivity contribution in [3.8, 4) is 5.75 Å². The van der Waals surface area contributed by atoms with Crippen LogP contribution in [-0.2, 0) is 0 Å². The maximum atomic E-state index is 11.9. The molecule has 0 aliphatic heterocycles. The van der Waals surface area contributed by atoms with E-state index in [1.807, 2.05) is 13.8 Å². The van der Waals surface area contributed by atoms with Gasteiger partial charge in [-0.15, -0.1) is 0 Å². The number of amides is 1. The summed E-state index contributed by atoms with van der Waals surface area (Å²) in [7, 11) is 1.58. The van der Waals surface area contributed by atoms with Crippen molar-refractivity contribution in [2.45, 2.75) is 19.9 Å². The number of benzene rings is 1. The van der Waals surface area contributed by atoms with Crippen LogP contribution in [0.1, 0.15) is 24.3 Å². The molecule has 2 rings (SSSR count). The molecule has 0 saturated carbocycles. The monoisotopic (exact) mass is 266 g/mol. The van der Waals surface area contributed by atoms with Gasteiger partial charge in [0.25, 0.3) is 5.91 Å². The number of nitrogens with one attached hydrogen (secondary N) is 2. The zero-order valence-corrected chi connectivity index (χ0v) is 11.3. The van der Waals surface area contributed by atoms with Gasteiger partial charge in [0.15, 0.2) is 0 Å². The van der Waals surface area contributed by atoms with E-state index in [1.54, 1.807) is 25.3 Å². The SMILES string of the molecule is COc1cc(Cl)cc2[nH]c(C(=O)NC(C)C)cc12. The lowest BCUT2D eigenvalue weighted by atomic mass is 10.2. The third-order valence-electron chi connectivity index (χ3n) is 2.55. The van der Waals surface area contributed by atoms with Gasteiger partial charge in [0.1, 0.15) is 11.4 Å². The molecule has 18 heavy (non-hydrogen) atoms. The van der Waals surface area contributed by atoms with E-state index in [1.165, 1.54) is 0 Å². The number of fused-ring (bicyclic) bond motifs is 1. The molecule has 1 heterocycles. The second-order valence-corrected chi connectivity index (χ2v) is 4.82. The fraction of sp³-hybridized carbons (Fsp3) is 0.308. The fourth-order valence-electron chi connectivity index (χ4n) is 1.80. The van der Waals surface area contributed by atoms with E-state index >= 15 is 0 Å². The van der Waals surface area contributed by atoms with Gasteiger partial charge < -0.3 is 15.0 Å². The Morgan fingerprint density at radius 3 is 2.72 bits per heavy atom. The van der Waals surface area contributed by atoms with Crippen LogP contribution >= 0.6 is 11.6 Å². The molecule has 0 spiro atoms. The van der Waals surface area contributed by atoms with Gasteiger partial charge in [-0.2, -0.15) is 0 Å². The Morgan fingerprint density at radius 1 is 1.39 bits per heavy atom. The van der Waals surface area contributed by atoms with Gasteiger partial charge in [-0.05, 0) is 32.0 Å². The van der Waals surface area contributed by atoms with Crippen LogP contribution in [0.2, 0.25) is 5.02 Å². The molecule has 4 nitrogen and oxygen atoms in total. The smallest absolute Gasteiger partial charge is 0.267 e. The quantitative estimate of drug-likeness (QED) is 0.897. The molecule has 0 radical (unpaired) electrons. The normalized spacial score (nSPS) is 10.9. The maximum absolute atomic E-state index is 11.9. The van der Waals surface area contributed by atoms with Crippen molar-refractivity contribution in [1.29, 1.82) is 0 Å². The molecule has 0 saturated heterocycles. The summed E-state index contributed by atoms with van der Waals surface area (Å²) in [4.78, 5) is 14.9. The average molecular weight is 267 g/mol. The van der Waals surface area contributed by atoms with E-state index in [4.69, 9.17) is 16.3 Å². The van der Waals surface area contributed by atoms with Crippen LogP contribution in [0.3, 0.4) is 0 Å². The maximum Gasteiger partial charge on any atom is 0.267 e. The zero-order valence-electron chi connectivity index (χ0n) is 10.5. The number of rotatable bonds is 3. The Balaban J connectivity index is 2.47. The average Bonchev–Trinajstić information content (AvgIpc) is 2.70. The van der Waals surface area contributed by atoms with Crippen molar-refractivity contribution in [2.24, 2.45) is 0 Å². The van der Waals surface area contributed by atoms with Crippen LogP contribution in [0, 0.1) is 0 Å². The molecular formula is C13H15ClN2O2. The van der Waals surface area contributed by atoms with Gasteiger partial charge in [-0.25, -0.2) is 0 Å². The lowest BCUT2D eigenvalue weighted by Crippen LogP contribution is -2.30. The van der Waals surface area contributed by atoms with Gasteiger partial charge in [-0.1, -0.05) is 11.6 Å². The van der Waals surface area contributed by atoms with E-state index < -0.39 is 0 Å². The number of carbonyl (C=O) groups excluding carboxylic acids is 1. The van der Waals surface area contributed by atoms with E-state index in [0.29, 0.717) is 16.5 Å². The van der Waals surface area contributed by atoms with Crippen LogP contribution in [0.25, 0.3) is 10.9 Å². The van der Waals surface area contributed by atoms with Crippen molar-refractivity contribution < 1.29 is 9.53 Å². The van der Waals surface area contributed by atoms with Gasteiger partial charge in [0, 0.05) is 16.5 Å². The zero-order chi connectivity index (χ0) is 13.3. The molecular weight excluding hydrogens is 252 g/mol. The first kappa shape index (κ1) is 12.8. The molecule has 2 aromatic rings. The number of aromatic amines is 1. The van der Waals surface area contributed by atoms with Crippen LogP contribution in [0.5, 0.6) is 5.75 Å². The highest BCUT2D eigenvalue weighted by molar-refractivity contribution is 6.31. The molecule has 0 unspecified atom stereocenters. The topological polar surface area (TPSA) is 54.1 Å². The predicted octanol–water partition coefficient (Wildman–Crippen LogP) is 2.97. The number of halogens is 1. The molecule has 5 heteroatoms. The third kappa shape index (κ3) is 2.43. The number of aromatic nitrogens is 1. The number of methoxy groups -OCH3 is 1. The number of hydrogen-bond donors (Lipinski definition) is 2. The van der Waals surface area contributed by atoms with Crippen LogP contribution in [0.15, 0.2) is 18.2 Å². The molecule has 0 aliphatic carbocycles. The number of carbonyl (C=O) groups is 1. The minimum Gasteiger partial charge on any atom is -0.496 e. The molecule has 0 atom stereocenters. The molecule has 96 valence electrons. The van der Waals surface area contributed by atoms with Gasteiger partial charge in [-0.3, -0.25) is 4.79 Å². The summed E-state index contributed by atoms with van der Waals surface area (Å²) in [5, 5.41) is 4.24. The summed E-state index contributed by atoms with van der Waals surface area (Å²) >= 11 is 5.98. The van der Waals surface area contributed by atoms with Crippen LogP contribution < -0.4 is 10.1 Å². The first-order valence-corrected chi connectivity index (χ1v) is 6.06.